The van der Waals surface area contributed by atoms with Gasteiger partial charge in [-0.15, -0.1) is 0 Å². The van der Waals surface area contributed by atoms with Crippen LogP contribution in [0.15, 0.2) is 42.5 Å². The molecule has 1 fully saturated rings. The first kappa shape index (κ1) is 17.9. The summed E-state index contributed by atoms with van der Waals surface area (Å²) in [5.74, 6) is -0.510. The van der Waals surface area contributed by atoms with E-state index in [9.17, 15) is 9.90 Å². The molecule has 1 aliphatic heterocycles. The summed E-state index contributed by atoms with van der Waals surface area (Å²) in [6, 6.07) is 13.3. The Labute approximate surface area is 168 Å². The van der Waals surface area contributed by atoms with Gasteiger partial charge in [0.05, 0.1) is 3.57 Å². The summed E-state index contributed by atoms with van der Waals surface area (Å²) in [5, 5.41) is 13.6. The third-order valence-electron chi connectivity index (χ3n) is 4.18. The summed E-state index contributed by atoms with van der Waals surface area (Å²) < 4.78 is 7.50. The Balaban J connectivity index is 1.95. The predicted molar refractivity (Wildman–Crippen MR) is 109 cm³/mol. The van der Waals surface area contributed by atoms with Crippen molar-refractivity contribution < 1.29 is 14.6 Å². The minimum atomic E-state index is -0.699. The number of ether oxygens (including phenoxy) is 1. The van der Waals surface area contributed by atoms with Gasteiger partial charge >= 0.3 is 5.97 Å². The zero-order valence-electron chi connectivity index (χ0n) is 12.9. The number of phenols is 1. The molecule has 1 aliphatic rings. The fourth-order valence-electron chi connectivity index (χ4n) is 2.97. The summed E-state index contributed by atoms with van der Waals surface area (Å²) >= 11 is 4.15. The number of hydrogen-bond donors (Lipinski definition) is 2. The Morgan fingerprint density at radius 1 is 1.21 bits per heavy atom. The van der Waals surface area contributed by atoms with Gasteiger partial charge in [-0.3, -0.25) is 0 Å². The first-order valence-corrected chi connectivity index (χ1v) is 9.85. The van der Waals surface area contributed by atoms with Gasteiger partial charge in [0.2, 0.25) is 0 Å². The Bertz CT molecular complexity index is 743. The zero-order chi connectivity index (χ0) is 17.2. The van der Waals surface area contributed by atoms with Crippen LogP contribution >= 0.6 is 45.2 Å². The van der Waals surface area contributed by atoms with Gasteiger partial charge in [-0.05, 0) is 82.3 Å². The molecule has 2 aromatic carbocycles. The number of phenolic OH excluding ortho intramolecular Hbond substituents is 1. The molecule has 0 aliphatic carbocycles. The standard InChI is InChI=1S/C18H17I2NO3/c19-13-9-14(16(22)15(20)10-13)17(23)24-18(7-4-8-21-11-18)12-5-2-1-3-6-12/h1-3,5-6,9-10,21-22H,4,7-8,11H2. The summed E-state index contributed by atoms with van der Waals surface area (Å²) in [5.41, 5.74) is 0.494. The molecule has 6 heteroatoms. The molecule has 126 valence electrons. The molecule has 4 nitrogen and oxygen atoms in total. The van der Waals surface area contributed by atoms with Crippen LogP contribution in [0.25, 0.3) is 0 Å². The van der Waals surface area contributed by atoms with E-state index < -0.39 is 11.6 Å². The third kappa shape index (κ3) is 3.70. The highest BCUT2D eigenvalue weighted by Gasteiger charge is 2.38. The summed E-state index contributed by atoms with van der Waals surface area (Å²) in [6.07, 6.45) is 1.69. The van der Waals surface area contributed by atoms with Crippen LogP contribution in [0.1, 0.15) is 28.8 Å². The Morgan fingerprint density at radius 2 is 1.96 bits per heavy atom. The van der Waals surface area contributed by atoms with Crippen molar-refractivity contribution in [3.63, 3.8) is 0 Å². The van der Waals surface area contributed by atoms with E-state index in [-0.39, 0.29) is 11.3 Å². The van der Waals surface area contributed by atoms with E-state index in [1.54, 1.807) is 6.07 Å². The number of piperidine rings is 1. The van der Waals surface area contributed by atoms with Crippen molar-refractivity contribution in [1.29, 1.82) is 0 Å². The first-order valence-electron chi connectivity index (χ1n) is 7.69. The van der Waals surface area contributed by atoms with Gasteiger partial charge in [0.15, 0.2) is 0 Å². The van der Waals surface area contributed by atoms with E-state index in [1.165, 1.54) is 0 Å². The molecule has 0 radical (unpaired) electrons. The topological polar surface area (TPSA) is 58.6 Å². The van der Waals surface area contributed by atoms with Crippen LogP contribution in [0.2, 0.25) is 0 Å². The Kier molecular flexibility index (Phi) is 5.66. The highest BCUT2D eigenvalue weighted by atomic mass is 127. The average Bonchev–Trinajstić information content (AvgIpc) is 2.59. The molecule has 0 spiro atoms. The van der Waals surface area contributed by atoms with Crippen LogP contribution in [0.5, 0.6) is 5.75 Å². The minimum Gasteiger partial charge on any atom is -0.506 e. The molecule has 0 bridgehead atoms. The van der Waals surface area contributed by atoms with E-state index in [1.807, 2.05) is 59.0 Å². The highest BCUT2D eigenvalue weighted by Crippen LogP contribution is 2.35. The second-order valence-corrected chi connectivity index (χ2v) is 8.22. The molecule has 1 atom stereocenters. The second kappa shape index (κ2) is 7.57. The van der Waals surface area contributed by atoms with Gasteiger partial charge in [-0.2, -0.15) is 0 Å². The van der Waals surface area contributed by atoms with Crippen molar-refractivity contribution in [2.75, 3.05) is 13.1 Å². The normalized spacial score (nSPS) is 20.6. The molecule has 24 heavy (non-hydrogen) atoms. The van der Waals surface area contributed by atoms with Crippen LogP contribution in [0.4, 0.5) is 0 Å². The lowest BCUT2D eigenvalue weighted by atomic mass is 9.86. The molecule has 2 aromatic rings. The van der Waals surface area contributed by atoms with Gasteiger partial charge in [-0.1, -0.05) is 30.3 Å². The van der Waals surface area contributed by atoms with Crippen molar-refractivity contribution in [1.82, 2.24) is 5.32 Å². The summed E-state index contributed by atoms with van der Waals surface area (Å²) in [4.78, 5) is 12.8. The van der Waals surface area contributed by atoms with Gasteiger partial charge in [0, 0.05) is 10.1 Å². The zero-order valence-corrected chi connectivity index (χ0v) is 17.2. The molecular formula is C18H17I2NO3. The Hall–Kier alpha value is -0.870. The number of aromatic hydroxyl groups is 1. The molecule has 0 amide bonds. The van der Waals surface area contributed by atoms with Crippen LogP contribution in [0, 0.1) is 7.14 Å². The number of carbonyl (C=O) groups excluding carboxylic acids is 1. The molecule has 2 N–H and O–H groups in total. The van der Waals surface area contributed by atoms with Crippen molar-refractivity contribution in [3.8, 4) is 5.75 Å². The largest absolute Gasteiger partial charge is 0.506 e. The maximum Gasteiger partial charge on any atom is 0.342 e. The molecule has 1 unspecified atom stereocenters. The monoisotopic (exact) mass is 549 g/mol. The van der Waals surface area contributed by atoms with Crippen LogP contribution in [-0.2, 0) is 10.3 Å². The van der Waals surface area contributed by atoms with Crippen LogP contribution in [-0.4, -0.2) is 24.2 Å². The minimum absolute atomic E-state index is 0.0204. The number of nitrogens with one attached hydrogen (secondary N) is 1. The second-order valence-electron chi connectivity index (χ2n) is 5.81. The maximum absolute atomic E-state index is 12.8. The number of halogens is 2. The van der Waals surface area contributed by atoms with Gasteiger partial charge in [0.1, 0.15) is 16.9 Å². The number of carbonyl (C=O) groups is 1. The fourth-order valence-corrected chi connectivity index (χ4v) is 4.81. The number of benzene rings is 2. The third-order valence-corrected chi connectivity index (χ3v) is 5.63. The maximum atomic E-state index is 12.8. The summed E-state index contributed by atoms with van der Waals surface area (Å²) in [6.45, 7) is 1.49. The van der Waals surface area contributed by atoms with Crippen molar-refractivity contribution >= 4 is 51.2 Å². The highest BCUT2D eigenvalue weighted by molar-refractivity contribution is 14.1. The van der Waals surface area contributed by atoms with Crippen molar-refractivity contribution in [2.24, 2.45) is 0 Å². The number of esters is 1. The smallest absolute Gasteiger partial charge is 0.342 e. The molecule has 0 aromatic heterocycles. The molecule has 0 saturated carbocycles. The van der Waals surface area contributed by atoms with E-state index in [4.69, 9.17) is 4.74 Å². The van der Waals surface area contributed by atoms with Crippen LogP contribution in [0.3, 0.4) is 0 Å². The van der Waals surface area contributed by atoms with E-state index >= 15 is 0 Å². The Morgan fingerprint density at radius 3 is 2.62 bits per heavy atom. The number of hydrogen-bond acceptors (Lipinski definition) is 4. The average molecular weight is 549 g/mol. The molecule has 1 heterocycles. The molecular weight excluding hydrogens is 532 g/mol. The summed E-state index contributed by atoms with van der Waals surface area (Å²) in [7, 11) is 0. The lowest BCUT2D eigenvalue weighted by Gasteiger charge is -2.37. The van der Waals surface area contributed by atoms with E-state index in [2.05, 4.69) is 27.9 Å². The predicted octanol–water partition coefficient (Wildman–Crippen LogP) is 4.04. The lowest BCUT2D eigenvalue weighted by Crippen LogP contribution is -2.46. The van der Waals surface area contributed by atoms with Crippen LogP contribution < -0.4 is 5.32 Å². The van der Waals surface area contributed by atoms with Gasteiger partial charge in [-0.25, -0.2) is 4.79 Å². The number of rotatable bonds is 3. The van der Waals surface area contributed by atoms with Crippen molar-refractivity contribution in [3.05, 3.63) is 60.7 Å². The first-order chi connectivity index (χ1) is 11.5. The lowest BCUT2D eigenvalue weighted by molar-refractivity contribution is -0.0341. The van der Waals surface area contributed by atoms with E-state index in [0.29, 0.717) is 10.1 Å². The van der Waals surface area contributed by atoms with Crippen molar-refractivity contribution in [2.45, 2.75) is 18.4 Å². The SMILES string of the molecule is O=C(OC1(c2ccccc2)CCCNC1)c1cc(I)cc(I)c1O. The molecule has 1 saturated heterocycles. The van der Waals surface area contributed by atoms with Gasteiger partial charge < -0.3 is 15.2 Å². The van der Waals surface area contributed by atoms with E-state index in [0.717, 1.165) is 28.5 Å². The van der Waals surface area contributed by atoms with Gasteiger partial charge in [0.25, 0.3) is 0 Å². The fraction of sp³-hybridized carbons (Fsp3) is 0.278. The quantitative estimate of drug-likeness (QED) is 0.449. The molecule has 3 rings (SSSR count).